The highest BCUT2D eigenvalue weighted by molar-refractivity contribution is 7.80. The van der Waals surface area contributed by atoms with E-state index in [4.69, 9.17) is 0 Å². The van der Waals surface area contributed by atoms with Crippen LogP contribution in [0.2, 0.25) is 0 Å². The smallest absolute Gasteiger partial charge is 0.344 e. The molecule has 0 aliphatic rings. The zero-order valence-corrected chi connectivity index (χ0v) is 8.88. The lowest BCUT2D eigenvalue weighted by molar-refractivity contribution is 0.0512. The van der Waals surface area contributed by atoms with Crippen molar-refractivity contribution >= 4 is 18.6 Å². The minimum absolute atomic E-state index is 0.154. The Balaban J connectivity index is 3.45. The first-order valence-electron chi connectivity index (χ1n) is 4.13. The lowest BCUT2D eigenvalue weighted by Gasteiger charge is -2.08. The molecule has 88 valence electrons. The summed E-state index contributed by atoms with van der Waals surface area (Å²) in [5.41, 5.74) is -1.29. The summed E-state index contributed by atoms with van der Waals surface area (Å²) in [7, 11) is 0. The zero-order valence-electron chi connectivity index (χ0n) is 7.98. The van der Waals surface area contributed by atoms with Crippen LogP contribution in [0, 0.1) is 23.3 Å². The van der Waals surface area contributed by atoms with Crippen LogP contribution < -0.4 is 0 Å². The van der Waals surface area contributed by atoms with E-state index in [0.29, 0.717) is 0 Å². The summed E-state index contributed by atoms with van der Waals surface area (Å²) in [5.74, 6) is -8.67. The maximum Gasteiger partial charge on any atom is 0.344 e. The fourth-order valence-corrected chi connectivity index (χ4v) is 1.21. The Labute approximate surface area is 93.6 Å². The van der Waals surface area contributed by atoms with Crippen molar-refractivity contribution in [2.75, 3.05) is 6.61 Å². The van der Waals surface area contributed by atoms with Gasteiger partial charge in [-0.3, -0.25) is 0 Å². The Kier molecular flexibility index (Phi) is 3.79. The van der Waals surface area contributed by atoms with Crippen molar-refractivity contribution in [1.82, 2.24) is 0 Å². The van der Waals surface area contributed by atoms with Crippen LogP contribution in [0.4, 0.5) is 17.6 Å². The third kappa shape index (κ3) is 1.99. The highest BCUT2D eigenvalue weighted by atomic mass is 32.1. The Morgan fingerprint density at radius 2 is 1.69 bits per heavy atom. The number of carbonyl (C=O) groups excluding carboxylic acids is 1. The van der Waals surface area contributed by atoms with Gasteiger partial charge in [0.05, 0.1) is 11.5 Å². The third-order valence-corrected chi connectivity index (χ3v) is 2.11. The molecule has 0 atom stereocenters. The predicted molar refractivity (Wildman–Crippen MR) is 49.5 cm³/mol. The molecule has 16 heavy (non-hydrogen) atoms. The number of ether oxygens (including phenoxy) is 1. The lowest BCUT2D eigenvalue weighted by Crippen LogP contribution is -2.13. The fraction of sp³-hybridized carbons (Fsp3) is 0.222. The molecule has 0 aliphatic heterocycles. The minimum atomic E-state index is -1.96. The summed E-state index contributed by atoms with van der Waals surface area (Å²) in [6.45, 7) is 1.24. The van der Waals surface area contributed by atoms with E-state index in [0.717, 1.165) is 0 Å². The number of thiol groups is 1. The van der Waals surface area contributed by atoms with Gasteiger partial charge in [-0.25, -0.2) is 22.4 Å². The second-order valence-electron chi connectivity index (χ2n) is 2.70. The van der Waals surface area contributed by atoms with Gasteiger partial charge >= 0.3 is 5.97 Å². The topological polar surface area (TPSA) is 26.3 Å². The first kappa shape index (κ1) is 12.8. The molecule has 0 amide bonds. The molecule has 1 rings (SSSR count). The number of carbonyl (C=O) groups is 1. The molecular weight excluding hydrogens is 248 g/mol. The van der Waals surface area contributed by atoms with Crippen LogP contribution in [-0.2, 0) is 4.74 Å². The van der Waals surface area contributed by atoms with Crippen LogP contribution in [-0.4, -0.2) is 12.6 Å². The second-order valence-corrected chi connectivity index (χ2v) is 3.15. The summed E-state index contributed by atoms with van der Waals surface area (Å²) in [4.78, 5) is 10.0. The maximum atomic E-state index is 13.3. The van der Waals surface area contributed by atoms with Crippen LogP contribution in [0.3, 0.4) is 0 Å². The van der Waals surface area contributed by atoms with Crippen LogP contribution in [0.1, 0.15) is 17.3 Å². The highest BCUT2D eigenvalue weighted by Gasteiger charge is 2.28. The summed E-state index contributed by atoms with van der Waals surface area (Å²) in [5, 5.41) is 0. The summed E-state index contributed by atoms with van der Waals surface area (Å²) in [6.07, 6.45) is 0. The van der Waals surface area contributed by atoms with E-state index < -0.39 is 39.7 Å². The van der Waals surface area contributed by atoms with Gasteiger partial charge < -0.3 is 4.74 Å². The van der Waals surface area contributed by atoms with Gasteiger partial charge in [-0.05, 0) is 6.92 Å². The quantitative estimate of drug-likeness (QED) is 0.289. The Hall–Kier alpha value is -1.24. The number of hydrogen-bond donors (Lipinski definition) is 1. The van der Waals surface area contributed by atoms with Gasteiger partial charge in [-0.15, -0.1) is 12.6 Å². The predicted octanol–water partition coefficient (Wildman–Crippen LogP) is 2.71. The monoisotopic (exact) mass is 254 g/mol. The van der Waals surface area contributed by atoms with E-state index in [2.05, 4.69) is 17.4 Å². The SMILES string of the molecule is CCOC(=O)c1c(F)c(F)c(F)c(S)c1F. The molecular formula is C9H6F4O2S. The summed E-state index contributed by atoms with van der Waals surface area (Å²) >= 11 is 3.30. The van der Waals surface area contributed by atoms with Gasteiger partial charge in [0.2, 0.25) is 0 Å². The van der Waals surface area contributed by atoms with Crippen LogP contribution in [0.25, 0.3) is 0 Å². The standard InChI is InChI=1S/C9H6F4O2S/c1-2-15-9(14)3-4(10)6(12)7(13)8(16)5(3)11/h16H,2H2,1H3. The molecule has 0 aromatic heterocycles. The number of benzene rings is 1. The van der Waals surface area contributed by atoms with E-state index in [1.807, 2.05) is 0 Å². The van der Waals surface area contributed by atoms with E-state index in [1.165, 1.54) is 6.92 Å². The molecule has 1 aromatic carbocycles. The first-order valence-corrected chi connectivity index (χ1v) is 4.58. The number of halogens is 4. The Bertz CT molecular complexity index is 419. The van der Waals surface area contributed by atoms with Crippen molar-refractivity contribution < 1.29 is 27.1 Å². The maximum absolute atomic E-state index is 13.3. The van der Waals surface area contributed by atoms with Crippen molar-refractivity contribution in [2.45, 2.75) is 11.8 Å². The Morgan fingerprint density at radius 1 is 1.12 bits per heavy atom. The zero-order chi connectivity index (χ0) is 12.5. The number of hydrogen-bond acceptors (Lipinski definition) is 3. The van der Waals surface area contributed by atoms with Crippen molar-refractivity contribution in [1.29, 1.82) is 0 Å². The van der Waals surface area contributed by atoms with Crippen LogP contribution in [0.5, 0.6) is 0 Å². The molecule has 7 heteroatoms. The van der Waals surface area contributed by atoms with Gasteiger partial charge in [0.1, 0.15) is 5.56 Å². The van der Waals surface area contributed by atoms with Crippen LogP contribution >= 0.6 is 12.6 Å². The molecule has 0 fully saturated rings. The molecule has 1 aromatic rings. The molecule has 0 radical (unpaired) electrons. The molecule has 0 saturated carbocycles. The molecule has 0 saturated heterocycles. The number of rotatable bonds is 2. The van der Waals surface area contributed by atoms with Crippen molar-refractivity contribution in [3.05, 3.63) is 28.8 Å². The van der Waals surface area contributed by atoms with Crippen molar-refractivity contribution in [3.8, 4) is 0 Å². The molecule has 0 aliphatic carbocycles. The largest absolute Gasteiger partial charge is 0.462 e. The highest BCUT2D eigenvalue weighted by Crippen LogP contribution is 2.27. The van der Waals surface area contributed by atoms with Gasteiger partial charge in [-0.1, -0.05) is 0 Å². The molecule has 0 spiro atoms. The molecule has 0 N–H and O–H groups in total. The summed E-state index contributed by atoms with van der Waals surface area (Å²) < 4.78 is 56.3. The average molecular weight is 254 g/mol. The number of esters is 1. The molecule has 2 nitrogen and oxygen atoms in total. The van der Waals surface area contributed by atoms with E-state index in [-0.39, 0.29) is 6.61 Å². The lowest BCUT2D eigenvalue weighted by atomic mass is 10.2. The average Bonchev–Trinajstić information content (AvgIpc) is 2.24. The minimum Gasteiger partial charge on any atom is -0.462 e. The fourth-order valence-electron chi connectivity index (χ4n) is 1.00. The van der Waals surface area contributed by atoms with Crippen molar-refractivity contribution in [2.24, 2.45) is 0 Å². The Morgan fingerprint density at radius 3 is 2.19 bits per heavy atom. The third-order valence-electron chi connectivity index (χ3n) is 1.72. The van der Waals surface area contributed by atoms with Gasteiger partial charge in [0.15, 0.2) is 23.3 Å². The molecule has 0 unspecified atom stereocenters. The van der Waals surface area contributed by atoms with Crippen molar-refractivity contribution in [3.63, 3.8) is 0 Å². The summed E-state index contributed by atoms with van der Waals surface area (Å²) in [6, 6.07) is 0. The van der Waals surface area contributed by atoms with Gasteiger partial charge in [-0.2, -0.15) is 0 Å². The molecule has 0 bridgehead atoms. The first-order chi connectivity index (χ1) is 7.41. The second kappa shape index (κ2) is 4.73. The van der Waals surface area contributed by atoms with Crippen LogP contribution in [0.15, 0.2) is 4.90 Å². The van der Waals surface area contributed by atoms with Gasteiger partial charge in [0, 0.05) is 0 Å². The van der Waals surface area contributed by atoms with Gasteiger partial charge in [0.25, 0.3) is 0 Å². The normalized spacial score (nSPS) is 10.4. The van der Waals surface area contributed by atoms with E-state index >= 15 is 0 Å². The van der Waals surface area contributed by atoms with E-state index in [1.54, 1.807) is 0 Å². The molecule has 0 heterocycles. The van der Waals surface area contributed by atoms with E-state index in [9.17, 15) is 22.4 Å².